The SMILES string of the molecule is C[C@@H](CCc1ccc(O)cc1)N[C@H]1CCOC2(CCCC2)C1. The highest BCUT2D eigenvalue weighted by molar-refractivity contribution is 5.25. The number of rotatable bonds is 5. The van der Waals surface area contributed by atoms with Gasteiger partial charge in [0.25, 0.3) is 0 Å². The summed E-state index contributed by atoms with van der Waals surface area (Å²) >= 11 is 0. The van der Waals surface area contributed by atoms with Crippen molar-refractivity contribution >= 4 is 0 Å². The van der Waals surface area contributed by atoms with E-state index in [0.717, 1.165) is 25.9 Å². The van der Waals surface area contributed by atoms with Crippen molar-refractivity contribution in [2.75, 3.05) is 6.61 Å². The molecular weight excluding hydrogens is 274 g/mol. The molecule has 22 heavy (non-hydrogen) atoms. The van der Waals surface area contributed by atoms with Gasteiger partial charge >= 0.3 is 0 Å². The summed E-state index contributed by atoms with van der Waals surface area (Å²) in [5.41, 5.74) is 1.50. The van der Waals surface area contributed by atoms with Gasteiger partial charge in [-0.1, -0.05) is 25.0 Å². The number of phenolic OH excluding ortho intramolecular Hbond substituents is 1. The molecule has 1 heterocycles. The van der Waals surface area contributed by atoms with Gasteiger partial charge in [-0.3, -0.25) is 0 Å². The minimum atomic E-state index is 0.201. The maximum absolute atomic E-state index is 9.33. The maximum atomic E-state index is 9.33. The predicted molar refractivity (Wildman–Crippen MR) is 89.2 cm³/mol. The molecule has 0 unspecified atom stereocenters. The van der Waals surface area contributed by atoms with Crippen LogP contribution in [-0.2, 0) is 11.2 Å². The van der Waals surface area contributed by atoms with Gasteiger partial charge in [0, 0.05) is 18.7 Å². The van der Waals surface area contributed by atoms with Gasteiger partial charge in [-0.25, -0.2) is 0 Å². The fraction of sp³-hybridized carbons (Fsp3) is 0.684. The highest BCUT2D eigenvalue weighted by Gasteiger charge is 2.39. The Morgan fingerprint density at radius 2 is 2.00 bits per heavy atom. The Labute approximate surface area is 134 Å². The molecule has 2 atom stereocenters. The van der Waals surface area contributed by atoms with Crippen molar-refractivity contribution in [3.63, 3.8) is 0 Å². The Balaban J connectivity index is 1.45. The fourth-order valence-electron chi connectivity index (χ4n) is 4.07. The molecule has 1 spiro atoms. The number of hydrogen-bond donors (Lipinski definition) is 2. The second-order valence-corrected chi connectivity index (χ2v) is 7.20. The minimum absolute atomic E-state index is 0.201. The van der Waals surface area contributed by atoms with Crippen LogP contribution in [0, 0.1) is 0 Å². The molecule has 2 N–H and O–H groups in total. The molecule has 122 valence electrons. The number of nitrogens with one attached hydrogen (secondary N) is 1. The second kappa shape index (κ2) is 7.01. The van der Waals surface area contributed by atoms with Gasteiger partial charge in [-0.15, -0.1) is 0 Å². The van der Waals surface area contributed by atoms with Crippen molar-refractivity contribution in [1.29, 1.82) is 0 Å². The zero-order chi connectivity index (χ0) is 15.4. The van der Waals surface area contributed by atoms with E-state index in [-0.39, 0.29) is 5.60 Å². The van der Waals surface area contributed by atoms with Crippen molar-refractivity contribution in [2.45, 2.75) is 76.0 Å². The first-order valence-corrected chi connectivity index (χ1v) is 8.83. The van der Waals surface area contributed by atoms with Crippen LogP contribution in [0.4, 0.5) is 0 Å². The highest BCUT2D eigenvalue weighted by Crippen LogP contribution is 2.40. The molecule has 0 aromatic heterocycles. The van der Waals surface area contributed by atoms with Crippen LogP contribution in [0.25, 0.3) is 0 Å². The van der Waals surface area contributed by atoms with Crippen molar-refractivity contribution in [3.8, 4) is 5.75 Å². The summed E-state index contributed by atoms with van der Waals surface area (Å²) in [5.74, 6) is 0.346. The van der Waals surface area contributed by atoms with E-state index >= 15 is 0 Å². The largest absolute Gasteiger partial charge is 0.508 e. The van der Waals surface area contributed by atoms with E-state index in [1.54, 1.807) is 12.1 Å². The Hall–Kier alpha value is -1.06. The molecule has 1 aliphatic heterocycles. The number of ether oxygens (including phenoxy) is 1. The third-order valence-electron chi connectivity index (χ3n) is 5.33. The third-order valence-corrected chi connectivity index (χ3v) is 5.33. The molecule has 0 radical (unpaired) electrons. The normalized spacial score (nSPS) is 25.4. The monoisotopic (exact) mass is 303 g/mol. The number of hydrogen-bond acceptors (Lipinski definition) is 3. The van der Waals surface area contributed by atoms with Crippen LogP contribution in [0.1, 0.15) is 57.4 Å². The number of aryl methyl sites for hydroxylation is 1. The van der Waals surface area contributed by atoms with E-state index in [4.69, 9.17) is 4.74 Å². The van der Waals surface area contributed by atoms with Crippen LogP contribution >= 0.6 is 0 Å². The molecule has 0 amide bonds. The van der Waals surface area contributed by atoms with Crippen LogP contribution in [0.3, 0.4) is 0 Å². The summed E-state index contributed by atoms with van der Waals surface area (Å²) in [7, 11) is 0. The van der Waals surface area contributed by atoms with Gasteiger partial charge in [-0.2, -0.15) is 0 Å². The van der Waals surface area contributed by atoms with Crippen LogP contribution in [-0.4, -0.2) is 29.4 Å². The summed E-state index contributed by atoms with van der Waals surface area (Å²) in [6.45, 7) is 3.21. The first-order valence-electron chi connectivity index (χ1n) is 8.83. The molecule has 0 bridgehead atoms. The molecule has 2 fully saturated rings. The van der Waals surface area contributed by atoms with Gasteiger partial charge in [0.1, 0.15) is 5.75 Å². The van der Waals surface area contributed by atoms with E-state index in [1.807, 2.05) is 12.1 Å². The van der Waals surface area contributed by atoms with Crippen LogP contribution in [0.15, 0.2) is 24.3 Å². The Morgan fingerprint density at radius 1 is 1.27 bits per heavy atom. The van der Waals surface area contributed by atoms with E-state index in [9.17, 15) is 5.11 Å². The minimum Gasteiger partial charge on any atom is -0.508 e. The van der Waals surface area contributed by atoms with E-state index < -0.39 is 0 Å². The van der Waals surface area contributed by atoms with Crippen molar-refractivity contribution in [2.24, 2.45) is 0 Å². The number of phenols is 1. The topological polar surface area (TPSA) is 41.5 Å². The second-order valence-electron chi connectivity index (χ2n) is 7.20. The molecule has 1 aliphatic carbocycles. The molecule has 1 aromatic carbocycles. The Morgan fingerprint density at radius 3 is 2.73 bits per heavy atom. The summed E-state index contributed by atoms with van der Waals surface area (Å²) in [6.07, 6.45) is 9.71. The van der Waals surface area contributed by atoms with Crippen molar-refractivity contribution < 1.29 is 9.84 Å². The van der Waals surface area contributed by atoms with Crippen LogP contribution in [0.5, 0.6) is 5.75 Å². The predicted octanol–water partition coefficient (Wildman–Crippen LogP) is 3.79. The molecule has 1 saturated heterocycles. The fourth-order valence-corrected chi connectivity index (χ4v) is 4.07. The molecular formula is C19H29NO2. The van der Waals surface area contributed by atoms with E-state index in [2.05, 4.69) is 12.2 Å². The number of benzene rings is 1. The first kappa shape index (κ1) is 15.8. The third kappa shape index (κ3) is 4.02. The lowest BCUT2D eigenvalue weighted by Crippen LogP contribution is -2.48. The molecule has 2 aliphatic rings. The smallest absolute Gasteiger partial charge is 0.115 e. The Bertz CT molecular complexity index is 465. The molecule has 1 saturated carbocycles. The molecule has 3 rings (SSSR count). The van der Waals surface area contributed by atoms with Crippen LogP contribution in [0.2, 0.25) is 0 Å². The first-order chi connectivity index (χ1) is 10.7. The zero-order valence-corrected chi connectivity index (χ0v) is 13.7. The van der Waals surface area contributed by atoms with Gasteiger partial charge in [-0.05, 0) is 63.1 Å². The van der Waals surface area contributed by atoms with Crippen LogP contribution < -0.4 is 5.32 Å². The van der Waals surface area contributed by atoms with Gasteiger partial charge in [0.2, 0.25) is 0 Å². The quantitative estimate of drug-likeness (QED) is 0.869. The lowest BCUT2D eigenvalue weighted by Gasteiger charge is -2.39. The lowest BCUT2D eigenvalue weighted by atomic mass is 9.88. The summed E-state index contributed by atoms with van der Waals surface area (Å²) in [5, 5.41) is 13.1. The van der Waals surface area contributed by atoms with Gasteiger partial charge < -0.3 is 15.2 Å². The molecule has 3 nitrogen and oxygen atoms in total. The molecule has 3 heteroatoms. The maximum Gasteiger partial charge on any atom is 0.115 e. The van der Waals surface area contributed by atoms with Crippen molar-refractivity contribution in [3.05, 3.63) is 29.8 Å². The summed E-state index contributed by atoms with van der Waals surface area (Å²) in [4.78, 5) is 0. The number of aromatic hydroxyl groups is 1. The Kier molecular flexibility index (Phi) is 5.04. The summed E-state index contributed by atoms with van der Waals surface area (Å²) < 4.78 is 6.12. The van der Waals surface area contributed by atoms with Gasteiger partial charge in [0.05, 0.1) is 5.60 Å². The standard InChI is InChI=1S/C19H29NO2/c1-15(4-5-16-6-8-18(21)9-7-16)20-17-10-13-22-19(14-17)11-2-3-12-19/h6-9,15,17,20-21H,2-5,10-14H2,1H3/t15-,17-/m0/s1. The van der Waals surface area contributed by atoms with E-state index in [1.165, 1.54) is 37.7 Å². The average molecular weight is 303 g/mol. The lowest BCUT2D eigenvalue weighted by molar-refractivity contribution is -0.0846. The van der Waals surface area contributed by atoms with Crippen molar-refractivity contribution in [1.82, 2.24) is 5.32 Å². The highest BCUT2D eigenvalue weighted by atomic mass is 16.5. The average Bonchev–Trinajstić information content (AvgIpc) is 2.94. The van der Waals surface area contributed by atoms with Gasteiger partial charge in [0.15, 0.2) is 0 Å². The summed E-state index contributed by atoms with van der Waals surface area (Å²) in [6, 6.07) is 8.72. The van der Waals surface area contributed by atoms with E-state index in [0.29, 0.717) is 17.8 Å². The zero-order valence-electron chi connectivity index (χ0n) is 13.7. The molecule has 1 aromatic rings.